The van der Waals surface area contributed by atoms with E-state index in [1.54, 1.807) is 13.8 Å². The minimum atomic E-state index is -0.817. The zero-order valence-corrected chi connectivity index (χ0v) is 19.7. The van der Waals surface area contributed by atoms with Gasteiger partial charge in [0.25, 0.3) is 17.7 Å². The van der Waals surface area contributed by atoms with Crippen LogP contribution < -0.4 is 10.5 Å². The summed E-state index contributed by atoms with van der Waals surface area (Å²) in [7, 11) is 0. The summed E-state index contributed by atoms with van der Waals surface area (Å²) in [5.74, 6) is -3.34. The van der Waals surface area contributed by atoms with Crippen molar-refractivity contribution in [1.29, 1.82) is 0 Å². The van der Waals surface area contributed by atoms with Gasteiger partial charge in [0.05, 0.1) is 42.3 Å². The molecule has 2 aliphatic rings. The molecule has 192 valence electrons. The number of primary amides is 1. The van der Waals surface area contributed by atoms with Gasteiger partial charge in [-0.25, -0.2) is 28.3 Å². The summed E-state index contributed by atoms with van der Waals surface area (Å²) in [5, 5.41) is 9.42. The van der Waals surface area contributed by atoms with Crippen molar-refractivity contribution >= 4 is 18.2 Å². The number of amides is 3. The average Bonchev–Trinajstić information content (AvgIpc) is 3.40. The fourth-order valence-electron chi connectivity index (χ4n) is 4.34. The summed E-state index contributed by atoms with van der Waals surface area (Å²) in [6, 6.07) is 1.95. The quantitative estimate of drug-likeness (QED) is 0.556. The molecule has 14 heteroatoms. The molecular weight excluding hydrogens is 493 g/mol. The van der Waals surface area contributed by atoms with Crippen molar-refractivity contribution in [3.8, 4) is 11.8 Å². The van der Waals surface area contributed by atoms with Crippen molar-refractivity contribution in [2.45, 2.75) is 32.4 Å². The van der Waals surface area contributed by atoms with Gasteiger partial charge in [0, 0.05) is 18.7 Å². The number of hydrogen-bond acceptors (Lipinski definition) is 7. The van der Waals surface area contributed by atoms with Crippen LogP contribution in [0, 0.1) is 31.3 Å². The van der Waals surface area contributed by atoms with Gasteiger partial charge in [0.15, 0.2) is 0 Å². The van der Waals surface area contributed by atoms with Gasteiger partial charge in [-0.05, 0) is 31.5 Å². The number of likely N-dealkylation sites (tertiary alicyclic amines) is 1. The molecule has 2 N–H and O–H groups in total. The Balaban J connectivity index is 1.26. The van der Waals surface area contributed by atoms with Crippen molar-refractivity contribution in [2.24, 2.45) is 10.8 Å². The molecule has 2 aromatic heterocycles. The summed E-state index contributed by atoms with van der Waals surface area (Å²) >= 11 is 0. The van der Waals surface area contributed by atoms with Crippen LogP contribution in [0.4, 0.5) is 18.0 Å². The molecule has 0 radical (unpaired) electrons. The Labute approximate surface area is 208 Å². The number of halogens is 3. The van der Waals surface area contributed by atoms with E-state index in [0.717, 1.165) is 29.4 Å². The lowest BCUT2D eigenvalue weighted by Crippen LogP contribution is -2.59. The van der Waals surface area contributed by atoms with Crippen LogP contribution in [0.2, 0.25) is 0 Å². The van der Waals surface area contributed by atoms with Gasteiger partial charge < -0.3 is 15.4 Å². The van der Waals surface area contributed by atoms with Gasteiger partial charge in [-0.2, -0.15) is 19.6 Å². The number of nitrogens with two attached hydrogens (primary N) is 1. The third-order valence-corrected chi connectivity index (χ3v) is 6.12. The number of benzene rings is 1. The number of hydrazone groups is 1. The highest BCUT2D eigenvalue weighted by atomic mass is 19.1. The van der Waals surface area contributed by atoms with Crippen LogP contribution in [-0.4, -0.2) is 67.0 Å². The molecule has 3 amide bonds. The summed E-state index contributed by atoms with van der Waals surface area (Å²) in [4.78, 5) is 34.1. The summed E-state index contributed by atoms with van der Waals surface area (Å²) in [6.45, 7) is 3.43. The number of urea groups is 1. The number of ether oxygens (including phenoxy) is 1. The second-order valence-corrected chi connectivity index (χ2v) is 8.67. The zero-order chi connectivity index (χ0) is 26.4. The van der Waals surface area contributed by atoms with Crippen LogP contribution in [-0.2, 0) is 0 Å². The first-order chi connectivity index (χ1) is 17.6. The Morgan fingerprint density at radius 1 is 1.11 bits per heavy atom. The number of aryl methyl sites for hydroxylation is 1. The van der Waals surface area contributed by atoms with Gasteiger partial charge in [-0.3, -0.25) is 4.79 Å². The van der Waals surface area contributed by atoms with E-state index < -0.39 is 41.5 Å². The molecule has 0 spiro atoms. The van der Waals surface area contributed by atoms with E-state index >= 15 is 0 Å². The SMILES string of the molecule is Cc1nn(-c2ncc(F)c(OC3CN(C(=O)N4N=CCC4c4cc(F)cc(F)c4)C3)n2)c(C)c1C(N)=O. The number of hydrogen-bond donors (Lipinski definition) is 1. The molecule has 11 nitrogen and oxygen atoms in total. The number of carbonyl (C=O) groups excluding carboxylic acids is 2. The average molecular weight is 514 g/mol. The maximum Gasteiger partial charge on any atom is 0.341 e. The molecule has 1 atom stereocenters. The number of nitrogens with zero attached hydrogens (tertiary/aromatic N) is 7. The van der Waals surface area contributed by atoms with Crippen LogP contribution >= 0.6 is 0 Å². The molecule has 1 unspecified atom stereocenters. The molecule has 2 aliphatic heterocycles. The Bertz CT molecular complexity index is 1420. The van der Waals surface area contributed by atoms with Crippen LogP contribution in [0.25, 0.3) is 5.95 Å². The lowest BCUT2D eigenvalue weighted by Gasteiger charge is -2.40. The Morgan fingerprint density at radius 2 is 1.81 bits per heavy atom. The number of carbonyl (C=O) groups is 2. The number of aromatic nitrogens is 4. The standard InChI is InChI=1S/C23H21F3N8O3/c1-11-19(20(27)35)12(2)33(31-11)22-28-8-17(26)21(30-22)37-16-9-32(10-16)23(36)34-18(3-4-29-34)13-5-14(24)7-15(25)6-13/h4-8,16,18H,3,9-10H2,1-2H3,(H2,27,35). The van der Waals surface area contributed by atoms with Crippen LogP contribution in [0.5, 0.6) is 5.88 Å². The van der Waals surface area contributed by atoms with Crippen molar-refractivity contribution < 1.29 is 27.5 Å². The normalized spacial score (nSPS) is 17.3. The van der Waals surface area contributed by atoms with E-state index in [4.69, 9.17) is 10.5 Å². The Morgan fingerprint density at radius 3 is 2.46 bits per heavy atom. The molecular formula is C23H21F3N8O3. The van der Waals surface area contributed by atoms with Crippen LogP contribution in [0.3, 0.4) is 0 Å². The molecule has 0 saturated carbocycles. The first kappa shape index (κ1) is 24.2. The predicted molar refractivity (Wildman–Crippen MR) is 123 cm³/mol. The highest BCUT2D eigenvalue weighted by Gasteiger charge is 2.39. The van der Waals surface area contributed by atoms with Crippen molar-refractivity contribution in [3.05, 3.63) is 64.4 Å². The molecule has 1 fully saturated rings. The summed E-state index contributed by atoms with van der Waals surface area (Å²) in [5.41, 5.74) is 6.66. The molecule has 1 saturated heterocycles. The van der Waals surface area contributed by atoms with E-state index in [1.165, 1.54) is 15.8 Å². The Kier molecular flexibility index (Phi) is 6.01. The second kappa shape index (κ2) is 9.19. The first-order valence-corrected chi connectivity index (χ1v) is 11.2. The van der Waals surface area contributed by atoms with Crippen molar-refractivity contribution in [3.63, 3.8) is 0 Å². The fourth-order valence-corrected chi connectivity index (χ4v) is 4.34. The van der Waals surface area contributed by atoms with Gasteiger partial charge in [0.1, 0.15) is 17.7 Å². The predicted octanol–water partition coefficient (Wildman–Crippen LogP) is 2.41. The van der Waals surface area contributed by atoms with E-state index in [1.807, 2.05) is 0 Å². The maximum absolute atomic E-state index is 14.4. The van der Waals surface area contributed by atoms with E-state index in [-0.39, 0.29) is 36.0 Å². The van der Waals surface area contributed by atoms with Gasteiger partial charge in [-0.15, -0.1) is 0 Å². The highest BCUT2D eigenvalue weighted by molar-refractivity contribution is 5.95. The minimum Gasteiger partial charge on any atom is -0.468 e. The van der Waals surface area contributed by atoms with Crippen LogP contribution in [0.1, 0.15) is 39.8 Å². The lowest BCUT2D eigenvalue weighted by atomic mass is 10.0. The third-order valence-electron chi connectivity index (χ3n) is 6.12. The third kappa shape index (κ3) is 4.45. The number of rotatable bonds is 5. The van der Waals surface area contributed by atoms with Gasteiger partial charge >= 0.3 is 6.03 Å². The minimum absolute atomic E-state index is 0.0201. The topological polar surface area (TPSA) is 132 Å². The molecule has 0 aliphatic carbocycles. The van der Waals surface area contributed by atoms with E-state index in [0.29, 0.717) is 17.8 Å². The zero-order valence-electron chi connectivity index (χ0n) is 19.7. The molecule has 37 heavy (non-hydrogen) atoms. The highest BCUT2D eigenvalue weighted by Crippen LogP contribution is 2.31. The van der Waals surface area contributed by atoms with Gasteiger partial charge in [0.2, 0.25) is 5.82 Å². The van der Waals surface area contributed by atoms with Crippen molar-refractivity contribution in [1.82, 2.24) is 29.7 Å². The molecule has 1 aromatic carbocycles. The van der Waals surface area contributed by atoms with E-state index in [9.17, 15) is 22.8 Å². The van der Waals surface area contributed by atoms with Gasteiger partial charge in [-0.1, -0.05) is 0 Å². The molecule has 4 heterocycles. The molecule has 3 aromatic rings. The fraction of sp³-hybridized carbons (Fsp3) is 0.304. The second-order valence-electron chi connectivity index (χ2n) is 8.67. The summed E-state index contributed by atoms with van der Waals surface area (Å²) in [6.07, 6.45) is 2.15. The first-order valence-electron chi connectivity index (χ1n) is 11.2. The monoisotopic (exact) mass is 514 g/mol. The molecule has 0 bridgehead atoms. The smallest absolute Gasteiger partial charge is 0.341 e. The lowest BCUT2D eigenvalue weighted by molar-refractivity contribution is 0.0229. The largest absolute Gasteiger partial charge is 0.468 e. The van der Waals surface area contributed by atoms with E-state index in [2.05, 4.69) is 20.2 Å². The Hall–Kier alpha value is -4.49. The van der Waals surface area contributed by atoms with Crippen molar-refractivity contribution in [2.75, 3.05) is 13.1 Å². The summed E-state index contributed by atoms with van der Waals surface area (Å²) < 4.78 is 48.7. The maximum atomic E-state index is 14.4. The van der Waals surface area contributed by atoms with Crippen LogP contribution in [0.15, 0.2) is 29.5 Å². The molecule has 5 rings (SSSR count).